The van der Waals surface area contributed by atoms with Crippen LogP contribution in [0.3, 0.4) is 0 Å². The zero-order valence-corrected chi connectivity index (χ0v) is 11.4. The van der Waals surface area contributed by atoms with Crippen molar-refractivity contribution in [1.29, 1.82) is 0 Å². The van der Waals surface area contributed by atoms with E-state index in [1.54, 1.807) is 0 Å². The van der Waals surface area contributed by atoms with Gasteiger partial charge >= 0.3 is 0 Å². The SMILES string of the molecule is [N-]=[N+]=NCCC(O)C(O)c1cc(Cl)c(Cl)cc1Cl. The van der Waals surface area contributed by atoms with Gasteiger partial charge in [-0.3, -0.25) is 0 Å². The van der Waals surface area contributed by atoms with Crippen LogP contribution >= 0.6 is 34.8 Å². The van der Waals surface area contributed by atoms with Crippen molar-refractivity contribution in [3.63, 3.8) is 0 Å². The molecule has 98 valence electrons. The molecule has 0 aliphatic rings. The smallest absolute Gasteiger partial charge is 0.106 e. The third-order valence-corrected chi connectivity index (χ3v) is 3.36. The quantitative estimate of drug-likeness (QED) is 0.375. The summed E-state index contributed by atoms with van der Waals surface area (Å²) in [6, 6.07) is 2.79. The molecule has 0 heterocycles. The van der Waals surface area contributed by atoms with E-state index in [1.165, 1.54) is 12.1 Å². The summed E-state index contributed by atoms with van der Waals surface area (Å²) in [6.45, 7) is 0.0771. The van der Waals surface area contributed by atoms with Crippen LogP contribution in [0.1, 0.15) is 18.1 Å². The average Bonchev–Trinajstić information content (AvgIpc) is 2.33. The second-order valence-corrected chi connectivity index (χ2v) is 4.76. The first kappa shape index (κ1) is 15.4. The highest BCUT2D eigenvalue weighted by molar-refractivity contribution is 6.43. The first-order valence-corrected chi connectivity index (χ1v) is 6.12. The predicted octanol–water partition coefficient (Wildman–Crippen LogP) is 3.74. The van der Waals surface area contributed by atoms with Crippen LogP contribution in [0.2, 0.25) is 15.1 Å². The summed E-state index contributed by atoms with van der Waals surface area (Å²) in [6.07, 6.45) is -2.21. The van der Waals surface area contributed by atoms with Crippen molar-refractivity contribution in [1.82, 2.24) is 0 Å². The lowest BCUT2D eigenvalue weighted by Crippen LogP contribution is -2.19. The topological polar surface area (TPSA) is 89.2 Å². The molecule has 0 amide bonds. The van der Waals surface area contributed by atoms with Crippen molar-refractivity contribution >= 4 is 34.8 Å². The lowest BCUT2D eigenvalue weighted by Gasteiger charge is -2.19. The minimum atomic E-state index is -1.22. The Hall–Kier alpha value is -0.680. The molecule has 1 aromatic carbocycles. The van der Waals surface area contributed by atoms with Gasteiger partial charge in [0.2, 0.25) is 0 Å². The first-order chi connectivity index (χ1) is 8.47. The molecule has 0 saturated carbocycles. The fourth-order valence-corrected chi connectivity index (χ4v) is 2.03. The van der Waals surface area contributed by atoms with E-state index in [0.29, 0.717) is 0 Å². The third kappa shape index (κ3) is 3.92. The van der Waals surface area contributed by atoms with Crippen LogP contribution in [0.25, 0.3) is 10.4 Å². The van der Waals surface area contributed by atoms with Crippen molar-refractivity contribution in [3.05, 3.63) is 43.2 Å². The van der Waals surface area contributed by atoms with Crippen LogP contribution in [0.15, 0.2) is 17.2 Å². The highest BCUT2D eigenvalue weighted by Crippen LogP contribution is 2.33. The molecule has 8 heteroatoms. The minimum Gasteiger partial charge on any atom is -0.390 e. The van der Waals surface area contributed by atoms with E-state index in [2.05, 4.69) is 10.0 Å². The molecular formula is C10H10Cl3N3O2. The van der Waals surface area contributed by atoms with Crippen LogP contribution in [-0.4, -0.2) is 22.9 Å². The van der Waals surface area contributed by atoms with Crippen molar-refractivity contribution in [2.24, 2.45) is 5.11 Å². The maximum Gasteiger partial charge on any atom is 0.106 e. The van der Waals surface area contributed by atoms with Crippen LogP contribution in [0.4, 0.5) is 0 Å². The van der Waals surface area contributed by atoms with E-state index in [1.807, 2.05) is 0 Å². The Morgan fingerprint density at radius 2 is 1.78 bits per heavy atom. The summed E-state index contributed by atoms with van der Waals surface area (Å²) in [4.78, 5) is 2.55. The summed E-state index contributed by atoms with van der Waals surface area (Å²) in [5.74, 6) is 0. The van der Waals surface area contributed by atoms with Crippen molar-refractivity contribution in [2.75, 3.05) is 6.54 Å². The minimum absolute atomic E-state index is 0.0771. The molecule has 5 nitrogen and oxygen atoms in total. The Bertz CT molecular complexity index is 478. The van der Waals surface area contributed by atoms with E-state index >= 15 is 0 Å². The molecule has 0 aliphatic heterocycles. The number of aliphatic hydroxyl groups is 2. The molecule has 2 atom stereocenters. The lowest BCUT2D eigenvalue weighted by atomic mass is 10.0. The average molecular weight is 311 g/mol. The van der Waals surface area contributed by atoms with Crippen molar-refractivity contribution in [3.8, 4) is 0 Å². The normalized spacial score (nSPS) is 13.8. The van der Waals surface area contributed by atoms with Crippen molar-refractivity contribution in [2.45, 2.75) is 18.6 Å². The molecular weight excluding hydrogens is 300 g/mol. The second kappa shape index (κ2) is 7.04. The number of azide groups is 1. The Labute approximate surface area is 119 Å². The number of halogens is 3. The van der Waals surface area contributed by atoms with Gasteiger partial charge in [0, 0.05) is 22.0 Å². The van der Waals surface area contributed by atoms with Gasteiger partial charge < -0.3 is 10.2 Å². The number of hydrogen-bond donors (Lipinski definition) is 2. The summed E-state index contributed by atoms with van der Waals surface area (Å²) in [7, 11) is 0. The van der Waals surface area contributed by atoms with Crippen LogP contribution in [-0.2, 0) is 0 Å². The molecule has 0 saturated heterocycles. The summed E-state index contributed by atoms with van der Waals surface area (Å²) in [5.41, 5.74) is 8.38. The van der Waals surface area contributed by atoms with Crippen LogP contribution in [0.5, 0.6) is 0 Å². The Kier molecular flexibility index (Phi) is 6.02. The molecule has 2 unspecified atom stereocenters. The van der Waals surface area contributed by atoms with E-state index in [0.717, 1.165) is 0 Å². The fraction of sp³-hybridized carbons (Fsp3) is 0.400. The predicted molar refractivity (Wildman–Crippen MR) is 71.1 cm³/mol. The van der Waals surface area contributed by atoms with Crippen LogP contribution < -0.4 is 0 Å². The maximum absolute atomic E-state index is 9.91. The molecule has 0 spiro atoms. The van der Waals surface area contributed by atoms with Gasteiger partial charge in [0.25, 0.3) is 0 Å². The van der Waals surface area contributed by atoms with E-state index in [9.17, 15) is 10.2 Å². The zero-order valence-electron chi connectivity index (χ0n) is 9.09. The van der Waals surface area contributed by atoms with E-state index in [4.69, 9.17) is 40.3 Å². The van der Waals surface area contributed by atoms with Gasteiger partial charge in [-0.1, -0.05) is 39.9 Å². The van der Waals surface area contributed by atoms with Crippen LogP contribution in [0, 0.1) is 0 Å². The first-order valence-electron chi connectivity index (χ1n) is 4.98. The van der Waals surface area contributed by atoms with Gasteiger partial charge in [-0.15, -0.1) is 0 Å². The number of hydrogen-bond acceptors (Lipinski definition) is 3. The van der Waals surface area contributed by atoms with Gasteiger partial charge in [-0.05, 0) is 24.1 Å². The second-order valence-electron chi connectivity index (χ2n) is 3.54. The largest absolute Gasteiger partial charge is 0.390 e. The number of benzene rings is 1. The summed E-state index contributed by atoms with van der Waals surface area (Å²) in [5, 5.41) is 23.6. The number of rotatable bonds is 5. The third-order valence-electron chi connectivity index (χ3n) is 2.31. The molecule has 0 aliphatic carbocycles. The highest BCUT2D eigenvalue weighted by atomic mass is 35.5. The van der Waals surface area contributed by atoms with Gasteiger partial charge in [0.1, 0.15) is 6.10 Å². The van der Waals surface area contributed by atoms with Gasteiger partial charge in [0.15, 0.2) is 0 Å². The standard InChI is InChI=1S/C10H10Cl3N3O2/c11-6-4-8(13)7(12)3-5(6)10(18)9(17)1-2-15-16-14/h3-4,9-10,17-18H,1-2H2. The Morgan fingerprint density at radius 1 is 1.17 bits per heavy atom. The number of nitrogens with zero attached hydrogens (tertiary/aromatic N) is 3. The molecule has 0 bridgehead atoms. The summed E-state index contributed by atoms with van der Waals surface area (Å²) < 4.78 is 0. The molecule has 2 N–H and O–H groups in total. The molecule has 0 aromatic heterocycles. The molecule has 1 rings (SSSR count). The fourth-order valence-electron chi connectivity index (χ4n) is 1.36. The van der Waals surface area contributed by atoms with Crippen molar-refractivity contribution < 1.29 is 10.2 Å². The maximum atomic E-state index is 9.91. The highest BCUT2D eigenvalue weighted by Gasteiger charge is 2.21. The molecule has 1 aromatic rings. The van der Waals surface area contributed by atoms with E-state index in [-0.39, 0.29) is 33.6 Å². The van der Waals surface area contributed by atoms with Gasteiger partial charge in [-0.2, -0.15) is 0 Å². The Morgan fingerprint density at radius 3 is 2.39 bits per heavy atom. The molecule has 0 fully saturated rings. The van der Waals surface area contributed by atoms with E-state index < -0.39 is 12.2 Å². The monoisotopic (exact) mass is 309 g/mol. The lowest BCUT2D eigenvalue weighted by molar-refractivity contribution is 0.0151. The molecule has 18 heavy (non-hydrogen) atoms. The summed E-state index contributed by atoms with van der Waals surface area (Å²) >= 11 is 17.5. The zero-order chi connectivity index (χ0) is 13.7. The van der Waals surface area contributed by atoms with Gasteiger partial charge in [0.05, 0.1) is 16.1 Å². The Balaban J connectivity index is 2.85. The number of aliphatic hydroxyl groups excluding tert-OH is 2. The van der Waals surface area contributed by atoms with Gasteiger partial charge in [-0.25, -0.2) is 0 Å². The molecule has 0 radical (unpaired) electrons.